The van der Waals surface area contributed by atoms with Gasteiger partial charge in [0.1, 0.15) is 0 Å². The Labute approximate surface area is 146 Å². The Balaban J connectivity index is 1.70. The van der Waals surface area contributed by atoms with Gasteiger partial charge in [-0.1, -0.05) is 11.6 Å². The molecule has 0 aliphatic carbocycles. The second kappa shape index (κ2) is 5.82. The molecule has 0 aliphatic rings. The number of aromatic amines is 2. The first-order chi connectivity index (χ1) is 12.0. The standard InChI is InChI=1S/C18H14ClN3O3/c1-9(20-12-3-5-15-16(8-12)25-18(24)22-15)13-7-10-6-11(19)2-4-14(10)21-17(13)23/h2-9,20H,1H3,(H,21,23)(H,22,24)/t9-/m0/s1. The van der Waals surface area contributed by atoms with Gasteiger partial charge in [0.25, 0.3) is 5.56 Å². The van der Waals surface area contributed by atoms with Crippen LogP contribution in [-0.4, -0.2) is 9.97 Å². The van der Waals surface area contributed by atoms with Crippen LogP contribution in [0.1, 0.15) is 18.5 Å². The van der Waals surface area contributed by atoms with Gasteiger partial charge in [-0.2, -0.15) is 0 Å². The first-order valence-corrected chi connectivity index (χ1v) is 8.09. The largest absolute Gasteiger partial charge is 0.417 e. The van der Waals surface area contributed by atoms with Crippen molar-refractivity contribution >= 4 is 39.3 Å². The summed E-state index contributed by atoms with van der Waals surface area (Å²) in [5.74, 6) is -0.497. The van der Waals surface area contributed by atoms with Crippen molar-refractivity contribution in [1.29, 1.82) is 0 Å². The lowest BCUT2D eigenvalue weighted by molar-refractivity contribution is 0.555. The van der Waals surface area contributed by atoms with Crippen LogP contribution in [0, 0.1) is 0 Å². The number of aromatic nitrogens is 2. The van der Waals surface area contributed by atoms with Gasteiger partial charge in [0.15, 0.2) is 5.58 Å². The summed E-state index contributed by atoms with van der Waals surface area (Å²) in [6.07, 6.45) is 0. The van der Waals surface area contributed by atoms with E-state index in [1.54, 1.807) is 24.3 Å². The van der Waals surface area contributed by atoms with Crippen LogP contribution in [0.4, 0.5) is 5.69 Å². The van der Waals surface area contributed by atoms with E-state index in [1.807, 2.05) is 25.1 Å². The summed E-state index contributed by atoms with van der Waals surface area (Å²) >= 11 is 6.03. The first-order valence-electron chi connectivity index (χ1n) is 7.71. The molecule has 0 unspecified atom stereocenters. The zero-order valence-electron chi connectivity index (χ0n) is 13.2. The topological polar surface area (TPSA) is 90.9 Å². The Morgan fingerprint density at radius 1 is 1.04 bits per heavy atom. The second-order valence-corrected chi connectivity index (χ2v) is 6.31. The molecule has 2 aromatic carbocycles. The molecule has 0 amide bonds. The molecule has 0 aliphatic heterocycles. The van der Waals surface area contributed by atoms with Gasteiger partial charge in [-0.25, -0.2) is 4.79 Å². The summed E-state index contributed by atoms with van der Waals surface area (Å²) < 4.78 is 5.06. The predicted octanol–water partition coefficient (Wildman–Crippen LogP) is 3.79. The summed E-state index contributed by atoms with van der Waals surface area (Å²) in [5.41, 5.74) is 2.99. The molecule has 3 N–H and O–H groups in total. The highest BCUT2D eigenvalue weighted by molar-refractivity contribution is 6.31. The number of hydrogen-bond acceptors (Lipinski definition) is 4. The zero-order chi connectivity index (χ0) is 17.6. The normalized spacial score (nSPS) is 12.6. The molecular weight excluding hydrogens is 342 g/mol. The summed E-state index contributed by atoms with van der Waals surface area (Å²) in [7, 11) is 0. The number of nitrogens with one attached hydrogen (secondary N) is 3. The minimum absolute atomic E-state index is 0.163. The number of anilines is 1. The summed E-state index contributed by atoms with van der Waals surface area (Å²) in [6, 6.07) is 12.2. The average Bonchev–Trinajstić information content (AvgIpc) is 2.93. The number of hydrogen-bond donors (Lipinski definition) is 3. The van der Waals surface area contributed by atoms with E-state index in [2.05, 4.69) is 15.3 Å². The highest BCUT2D eigenvalue weighted by Gasteiger charge is 2.12. The van der Waals surface area contributed by atoms with Gasteiger partial charge in [0.05, 0.1) is 11.6 Å². The van der Waals surface area contributed by atoms with E-state index in [0.717, 1.165) is 16.6 Å². The second-order valence-electron chi connectivity index (χ2n) is 5.88. The van der Waals surface area contributed by atoms with Gasteiger partial charge in [-0.3, -0.25) is 9.78 Å². The van der Waals surface area contributed by atoms with Crippen molar-refractivity contribution in [2.45, 2.75) is 13.0 Å². The SMILES string of the molecule is C[C@H](Nc1ccc2[nH]c(=O)oc2c1)c1cc2cc(Cl)ccc2[nH]c1=O. The number of fused-ring (bicyclic) bond motifs is 2. The fourth-order valence-corrected chi connectivity index (χ4v) is 3.06. The fourth-order valence-electron chi connectivity index (χ4n) is 2.88. The minimum Gasteiger partial charge on any atom is -0.408 e. The average molecular weight is 356 g/mol. The monoisotopic (exact) mass is 355 g/mol. The number of oxazole rings is 1. The maximum absolute atomic E-state index is 12.4. The van der Waals surface area contributed by atoms with E-state index >= 15 is 0 Å². The van der Waals surface area contributed by atoms with Crippen molar-refractivity contribution in [2.24, 2.45) is 0 Å². The highest BCUT2D eigenvalue weighted by atomic mass is 35.5. The summed E-state index contributed by atoms with van der Waals surface area (Å²) in [5, 5.41) is 4.72. The molecule has 6 nitrogen and oxygen atoms in total. The molecule has 0 saturated carbocycles. The Kier molecular flexibility index (Phi) is 3.62. The van der Waals surface area contributed by atoms with Crippen LogP contribution in [0.25, 0.3) is 22.0 Å². The van der Waals surface area contributed by atoms with Crippen LogP contribution in [0.3, 0.4) is 0 Å². The molecule has 4 aromatic rings. The zero-order valence-corrected chi connectivity index (χ0v) is 14.0. The van der Waals surface area contributed by atoms with Gasteiger partial charge in [0.2, 0.25) is 0 Å². The molecule has 2 aromatic heterocycles. The van der Waals surface area contributed by atoms with E-state index in [9.17, 15) is 9.59 Å². The van der Waals surface area contributed by atoms with Crippen molar-refractivity contribution < 1.29 is 4.42 Å². The third-order valence-corrected chi connectivity index (χ3v) is 4.34. The fraction of sp³-hybridized carbons (Fsp3) is 0.111. The molecule has 25 heavy (non-hydrogen) atoms. The maximum atomic E-state index is 12.4. The predicted molar refractivity (Wildman–Crippen MR) is 98.5 cm³/mol. The Morgan fingerprint density at radius 3 is 2.68 bits per heavy atom. The van der Waals surface area contributed by atoms with E-state index < -0.39 is 5.76 Å². The van der Waals surface area contributed by atoms with Crippen LogP contribution in [0.5, 0.6) is 0 Å². The molecule has 7 heteroatoms. The molecule has 126 valence electrons. The number of rotatable bonds is 3. The molecule has 0 fully saturated rings. The van der Waals surface area contributed by atoms with Gasteiger partial charge in [-0.15, -0.1) is 0 Å². The van der Waals surface area contributed by atoms with Crippen molar-refractivity contribution in [3.8, 4) is 0 Å². The Hall–Kier alpha value is -2.99. The summed E-state index contributed by atoms with van der Waals surface area (Å²) in [4.78, 5) is 29.1. The Morgan fingerprint density at radius 2 is 1.84 bits per heavy atom. The van der Waals surface area contributed by atoms with E-state index in [-0.39, 0.29) is 11.6 Å². The first kappa shape index (κ1) is 15.5. The molecule has 4 rings (SSSR count). The maximum Gasteiger partial charge on any atom is 0.417 e. The molecule has 2 heterocycles. The van der Waals surface area contributed by atoms with Crippen molar-refractivity contribution in [3.63, 3.8) is 0 Å². The lowest BCUT2D eigenvalue weighted by Gasteiger charge is -2.15. The van der Waals surface area contributed by atoms with Gasteiger partial charge < -0.3 is 14.7 Å². The third-order valence-electron chi connectivity index (χ3n) is 4.11. The lowest BCUT2D eigenvalue weighted by Crippen LogP contribution is -2.19. The van der Waals surface area contributed by atoms with Crippen LogP contribution >= 0.6 is 11.6 Å². The number of pyridine rings is 1. The molecule has 0 spiro atoms. The molecule has 0 radical (unpaired) electrons. The van der Waals surface area contributed by atoms with Crippen molar-refractivity contribution in [1.82, 2.24) is 9.97 Å². The lowest BCUT2D eigenvalue weighted by atomic mass is 10.1. The molecular formula is C18H14ClN3O3. The van der Waals surface area contributed by atoms with Gasteiger partial charge >= 0.3 is 5.76 Å². The van der Waals surface area contributed by atoms with Crippen LogP contribution < -0.4 is 16.6 Å². The molecule has 1 atom stereocenters. The number of halogens is 1. The smallest absolute Gasteiger partial charge is 0.408 e. The number of H-pyrrole nitrogens is 2. The van der Waals surface area contributed by atoms with Crippen LogP contribution in [0.2, 0.25) is 5.02 Å². The van der Waals surface area contributed by atoms with Crippen LogP contribution in [-0.2, 0) is 0 Å². The molecule has 0 bridgehead atoms. The van der Waals surface area contributed by atoms with E-state index in [4.69, 9.17) is 16.0 Å². The minimum atomic E-state index is -0.497. The van der Waals surface area contributed by atoms with Crippen molar-refractivity contribution in [3.05, 3.63) is 74.0 Å². The summed E-state index contributed by atoms with van der Waals surface area (Å²) in [6.45, 7) is 1.89. The molecule has 0 saturated heterocycles. The number of benzene rings is 2. The van der Waals surface area contributed by atoms with E-state index in [0.29, 0.717) is 21.7 Å². The highest BCUT2D eigenvalue weighted by Crippen LogP contribution is 2.23. The van der Waals surface area contributed by atoms with Crippen LogP contribution in [0.15, 0.2) is 56.5 Å². The quantitative estimate of drug-likeness (QED) is 0.521. The Bertz CT molecular complexity index is 1210. The third kappa shape index (κ3) is 2.92. The van der Waals surface area contributed by atoms with Gasteiger partial charge in [-0.05, 0) is 43.3 Å². The van der Waals surface area contributed by atoms with Gasteiger partial charge in [0, 0.05) is 33.2 Å². The van der Waals surface area contributed by atoms with Crippen molar-refractivity contribution in [2.75, 3.05) is 5.32 Å². The van der Waals surface area contributed by atoms with E-state index in [1.165, 1.54) is 0 Å².